The molecule has 1 atom stereocenters. The van der Waals surface area contributed by atoms with Crippen molar-refractivity contribution in [3.63, 3.8) is 0 Å². The highest BCUT2D eigenvalue weighted by Crippen LogP contribution is 2.19. The molecule has 2 saturated heterocycles. The van der Waals surface area contributed by atoms with Crippen LogP contribution in [0, 0.1) is 0 Å². The van der Waals surface area contributed by atoms with Crippen molar-refractivity contribution in [3.8, 4) is 0 Å². The molecule has 0 spiro atoms. The summed E-state index contributed by atoms with van der Waals surface area (Å²) < 4.78 is 5.72. The van der Waals surface area contributed by atoms with Gasteiger partial charge in [0.2, 0.25) is 0 Å². The van der Waals surface area contributed by atoms with Crippen LogP contribution >= 0.6 is 11.8 Å². The van der Waals surface area contributed by atoms with Gasteiger partial charge >= 0.3 is 0 Å². The second-order valence-electron chi connectivity index (χ2n) is 5.59. The Kier molecular flexibility index (Phi) is 5.15. The lowest BCUT2D eigenvalue weighted by Crippen LogP contribution is -2.52. The molecule has 120 valence electrons. The Labute approximate surface area is 135 Å². The third kappa shape index (κ3) is 3.52. The molecule has 22 heavy (non-hydrogen) atoms. The number of carbonyl (C=O) groups excluding carboxylic acids is 1. The van der Waals surface area contributed by atoms with Crippen molar-refractivity contribution in [2.45, 2.75) is 30.5 Å². The molecule has 2 fully saturated rings. The van der Waals surface area contributed by atoms with Crippen LogP contribution in [0.5, 0.6) is 0 Å². The molecule has 7 heteroatoms. The van der Waals surface area contributed by atoms with Gasteiger partial charge in [-0.1, -0.05) is 11.8 Å². The Morgan fingerprint density at radius 3 is 2.91 bits per heavy atom. The highest BCUT2D eigenvalue weighted by molar-refractivity contribution is 7.98. The number of morpholine rings is 1. The number of ether oxygens (including phenoxy) is 1. The lowest BCUT2D eigenvalue weighted by molar-refractivity contribution is -0.145. The number of rotatable bonds is 3. The van der Waals surface area contributed by atoms with E-state index in [9.17, 15) is 4.79 Å². The fraction of sp³-hybridized carbons (Fsp3) is 0.667. The number of hydrogen-bond donors (Lipinski definition) is 0. The van der Waals surface area contributed by atoms with Crippen molar-refractivity contribution in [2.24, 2.45) is 0 Å². The average molecular weight is 322 g/mol. The summed E-state index contributed by atoms with van der Waals surface area (Å²) in [5.74, 6) is 1.00. The van der Waals surface area contributed by atoms with E-state index in [1.54, 1.807) is 6.20 Å². The number of amides is 1. The first-order valence-corrected chi connectivity index (χ1v) is 9.03. The molecule has 0 bridgehead atoms. The van der Waals surface area contributed by atoms with Gasteiger partial charge in [0.15, 0.2) is 11.3 Å². The van der Waals surface area contributed by atoms with Crippen LogP contribution in [0.2, 0.25) is 0 Å². The molecule has 0 N–H and O–H groups in total. The summed E-state index contributed by atoms with van der Waals surface area (Å²) in [5.41, 5.74) is 0. The number of thioether (sulfide) groups is 1. The molecular weight excluding hydrogens is 300 g/mol. The Hall–Kier alpha value is -1.34. The van der Waals surface area contributed by atoms with E-state index in [0.29, 0.717) is 13.2 Å². The fourth-order valence-electron chi connectivity index (χ4n) is 2.93. The smallest absolute Gasteiger partial charge is 0.253 e. The average Bonchev–Trinajstić information content (AvgIpc) is 2.62. The minimum Gasteiger partial charge on any atom is -0.365 e. The quantitative estimate of drug-likeness (QED) is 0.619. The summed E-state index contributed by atoms with van der Waals surface area (Å²) in [6.45, 7) is 3.61. The molecule has 6 nitrogen and oxygen atoms in total. The van der Waals surface area contributed by atoms with Crippen molar-refractivity contribution in [3.05, 3.63) is 12.3 Å². The van der Waals surface area contributed by atoms with Gasteiger partial charge in [0.05, 0.1) is 13.2 Å². The first-order chi connectivity index (χ1) is 10.8. The molecular formula is C15H22N4O2S. The van der Waals surface area contributed by atoms with Gasteiger partial charge < -0.3 is 14.5 Å². The van der Waals surface area contributed by atoms with Crippen molar-refractivity contribution < 1.29 is 9.53 Å². The summed E-state index contributed by atoms with van der Waals surface area (Å²) >= 11 is 1.52. The Balaban J connectivity index is 1.66. The second kappa shape index (κ2) is 7.28. The van der Waals surface area contributed by atoms with Crippen LogP contribution in [0.1, 0.15) is 19.3 Å². The van der Waals surface area contributed by atoms with Gasteiger partial charge in [-0.3, -0.25) is 4.79 Å². The van der Waals surface area contributed by atoms with E-state index in [1.807, 2.05) is 17.2 Å². The van der Waals surface area contributed by atoms with Gasteiger partial charge in [0.1, 0.15) is 5.82 Å². The van der Waals surface area contributed by atoms with Crippen molar-refractivity contribution in [1.82, 2.24) is 14.9 Å². The predicted octanol–water partition coefficient (Wildman–Crippen LogP) is 1.42. The van der Waals surface area contributed by atoms with E-state index in [-0.39, 0.29) is 12.0 Å². The normalized spacial score (nSPS) is 22.7. The van der Waals surface area contributed by atoms with Gasteiger partial charge in [0, 0.05) is 25.8 Å². The van der Waals surface area contributed by atoms with Crippen LogP contribution in [0.25, 0.3) is 0 Å². The summed E-state index contributed by atoms with van der Waals surface area (Å²) in [5, 5.41) is 0.753. The second-order valence-corrected chi connectivity index (χ2v) is 6.37. The Morgan fingerprint density at radius 2 is 2.14 bits per heavy atom. The lowest BCUT2D eigenvalue weighted by atomic mass is 10.1. The van der Waals surface area contributed by atoms with Crippen molar-refractivity contribution in [1.29, 1.82) is 0 Å². The van der Waals surface area contributed by atoms with Crippen LogP contribution in [-0.2, 0) is 9.53 Å². The summed E-state index contributed by atoms with van der Waals surface area (Å²) in [6.07, 6.45) is 6.78. The molecule has 0 aromatic carbocycles. The lowest BCUT2D eigenvalue weighted by Gasteiger charge is -2.36. The van der Waals surface area contributed by atoms with Gasteiger partial charge in [0.25, 0.3) is 5.91 Å². The molecule has 3 heterocycles. The van der Waals surface area contributed by atoms with Crippen molar-refractivity contribution in [2.75, 3.05) is 43.9 Å². The van der Waals surface area contributed by atoms with E-state index in [1.165, 1.54) is 18.2 Å². The number of carbonyl (C=O) groups is 1. The summed E-state index contributed by atoms with van der Waals surface area (Å²) in [6, 6.07) is 1.90. The molecule has 0 radical (unpaired) electrons. The third-order valence-corrected chi connectivity index (χ3v) is 4.70. The van der Waals surface area contributed by atoms with Crippen molar-refractivity contribution >= 4 is 23.5 Å². The molecule has 1 aromatic heterocycles. The van der Waals surface area contributed by atoms with E-state index in [4.69, 9.17) is 4.74 Å². The molecule has 1 aromatic rings. The standard InChI is InChI=1S/C15H22N4O2S/c1-22-15-16-6-5-13(17-15)19-9-10-21-12(11-19)14(20)18-7-3-2-4-8-18/h5-6,12H,2-4,7-11H2,1H3. The zero-order valence-electron chi connectivity index (χ0n) is 12.9. The van der Waals surface area contributed by atoms with Gasteiger partial charge in [-0.25, -0.2) is 9.97 Å². The van der Waals surface area contributed by atoms with Gasteiger partial charge in [-0.05, 0) is 31.6 Å². The first kappa shape index (κ1) is 15.6. The largest absolute Gasteiger partial charge is 0.365 e. The zero-order chi connectivity index (χ0) is 15.4. The first-order valence-electron chi connectivity index (χ1n) is 7.80. The highest BCUT2D eigenvalue weighted by Gasteiger charge is 2.31. The minimum absolute atomic E-state index is 0.128. The number of hydrogen-bond acceptors (Lipinski definition) is 6. The zero-order valence-corrected chi connectivity index (χ0v) is 13.7. The topological polar surface area (TPSA) is 58.6 Å². The number of piperidine rings is 1. The van der Waals surface area contributed by atoms with E-state index < -0.39 is 0 Å². The maximum absolute atomic E-state index is 12.6. The van der Waals surface area contributed by atoms with E-state index in [0.717, 1.165) is 43.5 Å². The van der Waals surface area contributed by atoms with Crippen LogP contribution in [0.15, 0.2) is 17.4 Å². The van der Waals surface area contributed by atoms with Gasteiger partial charge in [-0.15, -0.1) is 0 Å². The van der Waals surface area contributed by atoms with E-state index in [2.05, 4.69) is 14.9 Å². The summed E-state index contributed by atoms with van der Waals surface area (Å²) in [4.78, 5) is 25.4. The Bertz CT molecular complexity index is 522. The molecule has 1 amide bonds. The highest BCUT2D eigenvalue weighted by atomic mass is 32.2. The number of aromatic nitrogens is 2. The molecule has 0 aliphatic carbocycles. The molecule has 3 rings (SSSR count). The SMILES string of the molecule is CSc1nccc(N2CCOC(C(=O)N3CCCCC3)C2)n1. The predicted molar refractivity (Wildman–Crippen MR) is 86.2 cm³/mol. The van der Waals surface area contributed by atoms with E-state index >= 15 is 0 Å². The maximum atomic E-state index is 12.6. The molecule has 2 aliphatic heterocycles. The van der Waals surface area contributed by atoms with Crippen LogP contribution < -0.4 is 4.90 Å². The number of anilines is 1. The third-order valence-electron chi connectivity index (χ3n) is 4.13. The minimum atomic E-state index is -0.375. The molecule has 2 aliphatic rings. The van der Waals surface area contributed by atoms with Crippen LogP contribution in [0.3, 0.4) is 0 Å². The molecule has 1 unspecified atom stereocenters. The summed E-state index contributed by atoms with van der Waals surface area (Å²) in [7, 11) is 0. The Morgan fingerprint density at radius 1 is 1.32 bits per heavy atom. The number of likely N-dealkylation sites (tertiary alicyclic amines) is 1. The fourth-order valence-corrected chi connectivity index (χ4v) is 3.28. The van der Waals surface area contributed by atoms with Crippen LogP contribution in [0.4, 0.5) is 5.82 Å². The monoisotopic (exact) mass is 322 g/mol. The number of nitrogens with zero attached hydrogens (tertiary/aromatic N) is 4. The maximum Gasteiger partial charge on any atom is 0.253 e. The van der Waals surface area contributed by atoms with Crippen LogP contribution in [-0.4, -0.2) is 65.9 Å². The molecule has 0 saturated carbocycles. The van der Waals surface area contributed by atoms with Gasteiger partial charge in [-0.2, -0.15) is 0 Å².